The van der Waals surface area contributed by atoms with Gasteiger partial charge in [0.05, 0.1) is 5.02 Å². The molecule has 0 unspecified atom stereocenters. The Bertz CT molecular complexity index is 472. The normalized spacial score (nSPS) is 11.3. The van der Waals surface area contributed by atoms with Crippen LogP contribution in [0.5, 0.6) is 5.75 Å². The average molecular weight is 299 g/mol. The highest BCUT2D eigenvalue weighted by Gasteiger charge is 2.01. The van der Waals surface area contributed by atoms with Gasteiger partial charge in [0, 0.05) is 5.02 Å². The summed E-state index contributed by atoms with van der Waals surface area (Å²) in [6.07, 6.45) is 6.47. The standard InChI is InChI=1S/C16H20Cl2O/c1-12(2)5-4-6-13(3)9-10-19-16-8-7-14(17)11-15(16)18/h5,7-9,11H,4,6,10H2,1-3H3. The summed E-state index contributed by atoms with van der Waals surface area (Å²) in [6, 6.07) is 5.25. The van der Waals surface area contributed by atoms with Crippen LogP contribution in [0.15, 0.2) is 41.5 Å². The molecule has 0 radical (unpaired) electrons. The zero-order chi connectivity index (χ0) is 14.3. The highest BCUT2D eigenvalue weighted by molar-refractivity contribution is 6.35. The van der Waals surface area contributed by atoms with Gasteiger partial charge in [-0.15, -0.1) is 0 Å². The molecular formula is C16H20Cl2O. The van der Waals surface area contributed by atoms with Crippen LogP contribution >= 0.6 is 23.2 Å². The van der Waals surface area contributed by atoms with Crippen LogP contribution in [0.3, 0.4) is 0 Å². The SMILES string of the molecule is CC(C)=CCCC(C)=CCOc1ccc(Cl)cc1Cl. The smallest absolute Gasteiger partial charge is 0.138 e. The summed E-state index contributed by atoms with van der Waals surface area (Å²) < 4.78 is 5.61. The molecule has 0 heterocycles. The van der Waals surface area contributed by atoms with Crippen molar-refractivity contribution in [2.45, 2.75) is 33.6 Å². The van der Waals surface area contributed by atoms with E-state index >= 15 is 0 Å². The molecule has 0 aliphatic carbocycles. The Labute approximate surface area is 125 Å². The van der Waals surface area contributed by atoms with E-state index in [9.17, 15) is 0 Å². The van der Waals surface area contributed by atoms with Gasteiger partial charge in [0.2, 0.25) is 0 Å². The van der Waals surface area contributed by atoms with Gasteiger partial charge < -0.3 is 4.74 Å². The molecule has 0 bridgehead atoms. The lowest BCUT2D eigenvalue weighted by molar-refractivity contribution is 0.362. The molecule has 3 heteroatoms. The van der Waals surface area contributed by atoms with Crippen molar-refractivity contribution in [3.8, 4) is 5.75 Å². The summed E-state index contributed by atoms with van der Waals surface area (Å²) in [5.41, 5.74) is 2.68. The highest BCUT2D eigenvalue weighted by atomic mass is 35.5. The van der Waals surface area contributed by atoms with E-state index in [0.29, 0.717) is 22.4 Å². The fourth-order valence-electron chi connectivity index (χ4n) is 1.56. The molecule has 0 aromatic heterocycles. The second-order valence-electron chi connectivity index (χ2n) is 4.76. The maximum absolute atomic E-state index is 6.03. The molecule has 1 nitrogen and oxygen atoms in total. The minimum absolute atomic E-state index is 0.530. The monoisotopic (exact) mass is 298 g/mol. The minimum Gasteiger partial charge on any atom is -0.488 e. The van der Waals surface area contributed by atoms with Crippen LogP contribution in [-0.2, 0) is 0 Å². The molecule has 0 spiro atoms. The van der Waals surface area contributed by atoms with Crippen LogP contribution in [-0.4, -0.2) is 6.61 Å². The Morgan fingerprint density at radius 2 is 1.89 bits per heavy atom. The Kier molecular flexibility index (Phi) is 7.04. The van der Waals surface area contributed by atoms with Crippen molar-refractivity contribution < 1.29 is 4.74 Å². The van der Waals surface area contributed by atoms with Gasteiger partial charge in [-0.2, -0.15) is 0 Å². The summed E-state index contributed by atoms with van der Waals surface area (Å²) in [5.74, 6) is 0.666. The second kappa shape index (κ2) is 8.29. The van der Waals surface area contributed by atoms with Crippen molar-refractivity contribution in [1.29, 1.82) is 0 Å². The molecule has 0 N–H and O–H groups in total. The lowest BCUT2D eigenvalue weighted by atomic mass is 10.1. The van der Waals surface area contributed by atoms with Crippen molar-refractivity contribution in [2.75, 3.05) is 6.61 Å². The fourth-order valence-corrected chi connectivity index (χ4v) is 2.02. The molecule has 0 fully saturated rings. The molecule has 0 amide bonds. The Balaban J connectivity index is 2.42. The molecule has 1 aromatic carbocycles. The van der Waals surface area contributed by atoms with E-state index in [1.807, 2.05) is 0 Å². The van der Waals surface area contributed by atoms with Gasteiger partial charge in [-0.1, -0.05) is 40.4 Å². The number of rotatable bonds is 6. The Hall–Kier alpha value is -0.920. The molecule has 1 rings (SSSR count). The quantitative estimate of drug-likeness (QED) is 0.580. The van der Waals surface area contributed by atoms with Crippen molar-refractivity contribution in [2.24, 2.45) is 0 Å². The van der Waals surface area contributed by atoms with Gasteiger partial charge in [0.25, 0.3) is 0 Å². The van der Waals surface area contributed by atoms with Crippen molar-refractivity contribution >= 4 is 23.2 Å². The van der Waals surface area contributed by atoms with E-state index in [4.69, 9.17) is 27.9 Å². The van der Waals surface area contributed by atoms with E-state index in [2.05, 4.69) is 32.9 Å². The van der Waals surface area contributed by atoms with Gasteiger partial charge in [0.15, 0.2) is 0 Å². The number of halogens is 2. The third-order valence-electron chi connectivity index (χ3n) is 2.66. The van der Waals surface area contributed by atoms with E-state index < -0.39 is 0 Å². The molecule has 104 valence electrons. The summed E-state index contributed by atoms with van der Waals surface area (Å²) >= 11 is 11.9. The van der Waals surface area contributed by atoms with Gasteiger partial charge in [-0.05, 0) is 57.9 Å². The van der Waals surface area contributed by atoms with E-state index in [-0.39, 0.29) is 0 Å². The van der Waals surface area contributed by atoms with E-state index in [1.54, 1.807) is 18.2 Å². The van der Waals surface area contributed by atoms with Crippen LogP contribution in [0.25, 0.3) is 0 Å². The molecule has 0 saturated heterocycles. The van der Waals surface area contributed by atoms with Gasteiger partial charge in [-0.25, -0.2) is 0 Å². The predicted octanol–water partition coefficient (Wildman–Crippen LogP) is 6.06. The number of ether oxygens (including phenoxy) is 1. The molecule has 1 aromatic rings. The van der Waals surface area contributed by atoms with Crippen LogP contribution in [0.2, 0.25) is 10.0 Å². The maximum atomic E-state index is 6.03. The largest absolute Gasteiger partial charge is 0.488 e. The Morgan fingerprint density at radius 3 is 2.53 bits per heavy atom. The topological polar surface area (TPSA) is 9.23 Å². The average Bonchev–Trinajstić information content (AvgIpc) is 2.31. The molecular weight excluding hydrogens is 279 g/mol. The van der Waals surface area contributed by atoms with Crippen molar-refractivity contribution in [1.82, 2.24) is 0 Å². The first-order valence-corrected chi connectivity index (χ1v) is 7.11. The first kappa shape index (κ1) is 16.1. The number of allylic oxidation sites excluding steroid dienone is 3. The predicted molar refractivity (Wildman–Crippen MR) is 84.4 cm³/mol. The lowest BCUT2D eigenvalue weighted by Crippen LogP contribution is -1.95. The van der Waals surface area contributed by atoms with Gasteiger partial charge in [0.1, 0.15) is 12.4 Å². The lowest BCUT2D eigenvalue weighted by Gasteiger charge is -2.06. The molecule has 0 aliphatic rings. The highest BCUT2D eigenvalue weighted by Crippen LogP contribution is 2.27. The van der Waals surface area contributed by atoms with Gasteiger partial charge in [-0.3, -0.25) is 0 Å². The summed E-state index contributed by atoms with van der Waals surface area (Å²) in [5, 5.41) is 1.16. The second-order valence-corrected chi connectivity index (χ2v) is 5.60. The summed E-state index contributed by atoms with van der Waals surface area (Å²) in [6.45, 7) is 6.88. The number of benzene rings is 1. The fraction of sp³-hybridized carbons (Fsp3) is 0.375. The maximum Gasteiger partial charge on any atom is 0.138 e. The first-order valence-electron chi connectivity index (χ1n) is 6.36. The minimum atomic E-state index is 0.530. The number of hydrogen-bond acceptors (Lipinski definition) is 1. The summed E-state index contributed by atoms with van der Waals surface area (Å²) in [4.78, 5) is 0. The third kappa shape index (κ3) is 6.70. The van der Waals surface area contributed by atoms with Crippen LogP contribution in [0.1, 0.15) is 33.6 Å². The Morgan fingerprint density at radius 1 is 1.16 bits per heavy atom. The zero-order valence-electron chi connectivity index (χ0n) is 11.7. The molecule has 0 atom stereocenters. The van der Waals surface area contributed by atoms with Crippen LogP contribution in [0, 0.1) is 0 Å². The van der Waals surface area contributed by atoms with E-state index in [1.165, 1.54) is 11.1 Å². The van der Waals surface area contributed by atoms with Crippen molar-refractivity contribution in [3.05, 3.63) is 51.5 Å². The number of hydrogen-bond donors (Lipinski definition) is 0. The van der Waals surface area contributed by atoms with Crippen LogP contribution < -0.4 is 4.74 Å². The van der Waals surface area contributed by atoms with Gasteiger partial charge >= 0.3 is 0 Å². The first-order chi connectivity index (χ1) is 8.99. The van der Waals surface area contributed by atoms with E-state index in [0.717, 1.165) is 12.8 Å². The molecule has 0 aliphatic heterocycles. The van der Waals surface area contributed by atoms with Crippen LogP contribution in [0.4, 0.5) is 0 Å². The van der Waals surface area contributed by atoms with Crippen molar-refractivity contribution in [3.63, 3.8) is 0 Å². The third-order valence-corrected chi connectivity index (χ3v) is 3.19. The zero-order valence-corrected chi connectivity index (χ0v) is 13.2. The molecule has 19 heavy (non-hydrogen) atoms. The molecule has 0 saturated carbocycles. The summed E-state index contributed by atoms with van der Waals surface area (Å²) in [7, 11) is 0.